The van der Waals surface area contributed by atoms with Gasteiger partial charge in [0.15, 0.2) is 0 Å². The van der Waals surface area contributed by atoms with Gasteiger partial charge in [0.1, 0.15) is 0 Å². The largest absolute Gasteiger partial charge is 0.464 e. The van der Waals surface area contributed by atoms with Crippen LogP contribution < -0.4 is 10.9 Å². The van der Waals surface area contributed by atoms with Crippen molar-refractivity contribution in [3.63, 3.8) is 0 Å². The first-order valence-corrected chi connectivity index (χ1v) is 2.41. The van der Waals surface area contributed by atoms with Crippen molar-refractivity contribution in [2.24, 2.45) is 0 Å². The van der Waals surface area contributed by atoms with Crippen molar-refractivity contribution in [1.29, 1.82) is 0 Å². The molecule has 0 saturated heterocycles. The Hall–Kier alpha value is -2.84. The van der Waals surface area contributed by atoms with Crippen LogP contribution in [-0.2, 0) is 0 Å². The maximum absolute atomic E-state index is 9.47. The Bertz CT molecular complexity index is 210. The van der Waals surface area contributed by atoms with Gasteiger partial charge >= 0.3 is 12.2 Å². The van der Waals surface area contributed by atoms with E-state index in [1.165, 1.54) is 20.7 Å². The summed E-state index contributed by atoms with van der Waals surface area (Å²) in [6, 6.07) is 0. The number of carboxylic acid groups (broad SMARTS) is 2. The normalized spacial score (nSPS) is 5.43. The third-order valence-electron chi connectivity index (χ3n) is 0.276. The minimum atomic E-state index is -1.44. The van der Waals surface area contributed by atoms with Gasteiger partial charge in [-0.25, -0.2) is 20.4 Å². The summed E-state index contributed by atoms with van der Waals surface area (Å²) in [4.78, 5) is 21.9. The minimum Gasteiger partial charge on any atom is -0.464 e. The summed E-state index contributed by atoms with van der Waals surface area (Å²) in [5.74, 6) is 0. The second-order valence-corrected chi connectivity index (χ2v) is 1.04. The Morgan fingerprint density at radius 3 is 1.07 bits per heavy atom. The quantitative estimate of drug-likeness (QED) is 0.197. The highest BCUT2D eigenvalue weighted by atomic mass is 16.4. The van der Waals surface area contributed by atoms with Crippen molar-refractivity contribution < 1.29 is 19.8 Å². The fourth-order valence-corrected chi connectivity index (χ4v) is 0.107. The van der Waals surface area contributed by atoms with Crippen LogP contribution in [0.4, 0.5) is 9.59 Å². The van der Waals surface area contributed by atoms with Crippen molar-refractivity contribution in [1.82, 2.24) is 10.9 Å². The number of nitrogens with one attached hydrogen (secondary N) is 2. The summed E-state index contributed by atoms with van der Waals surface area (Å²) in [6.07, 6.45) is -2.88. The average molecular weight is 204 g/mol. The predicted molar refractivity (Wildman–Crippen MR) is 42.5 cm³/mol. The monoisotopic (exact) mass is 204 g/mol. The first kappa shape index (κ1) is 17.3. The van der Waals surface area contributed by atoms with E-state index in [9.17, 15) is 9.59 Å². The minimum absolute atomic E-state index is 1.41. The molecule has 0 aliphatic carbocycles. The van der Waals surface area contributed by atoms with Crippen molar-refractivity contribution in [2.45, 2.75) is 0 Å². The Labute approximate surface area is 75.9 Å². The molecule has 0 rings (SSSR count). The Kier molecular flexibility index (Phi) is 20.5. The predicted octanol–water partition coefficient (Wildman–Crippen LogP) is 1.17. The summed E-state index contributed by atoms with van der Waals surface area (Å²) >= 11 is 0. The van der Waals surface area contributed by atoms with Crippen LogP contribution in [0.3, 0.4) is 0 Å². The summed E-state index contributed by atoms with van der Waals surface area (Å²) in [5, 5.41) is 15.5. The number of carbonyl (C=O) groups is 2. The van der Waals surface area contributed by atoms with Crippen LogP contribution in [0.2, 0.25) is 0 Å². The molecule has 4 N–H and O–H groups in total. The van der Waals surface area contributed by atoms with Gasteiger partial charge in [0.2, 0.25) is 0 Å². The standard InChI is InChI=1S/C2H4N2O4.2N3/c5-1(6)3-4-2(7)8;2*1-3-2/h3-4H,(H,5,6)(H,7,8);;/q;2*-1. The molecule has 0 unspecified atom stereocenters. The zero-order chi connectivity index (χ0) is 12.0. The van der Waals surface area contributed by atoms with Gasteiger partial charge in [0.05, 0.1) is 0 Å². The lowest BCUT2D eigenvalue weighted by Gasteiger charge is -1.94. The lowest BCUT2D eigenvalue weighted by Crippen LogP contribution is -2.39. The number of hydrogen-bond acceptors (Lipinski definition) is 2. The average Bonchev–Trinajstić information content (AvgIpc) is 2.04. The van der Waals surface area contributed by atoms with Crippen LogP contribution in [0.5, 0.6) is 0 Å². The summed E-state index contributed by atoms with van der Waals surface area (Å²) in [6.45, 7) is 0. The number of hydrazine groups is 1. The summed E-state index contributed by atoms with van der Waals surface area (Å²) in [5.41, 5.74) is 29.8. The molecular formula is C2H4N8O4-2. The molecule has 12 nitrogen and oxygen atoms in total. The molecule has 0 bridgehead atoms. The van der Waals surface area contributed by atoms with E-state index in [0.717, 1.165) is 0 Å². The van der Waals surface area contributed by atoms with Crippen LogP contribution in [0.1, 0.15) is 0 Å². The van der Waals surface area contributed by atoms with E-state index in [-0.39, 0.29) is 0 Å². The lowest BCUT2D eigenvalue weighted by atomic mass is 11.2. The maximum Gasteiger partial charge on any atom is 0.423 e. The van der Waals surface area contributed by atoms with Crippen LogP contribution in [0.25, 0.3) is 31.9 Å². The molecule has 0 fully saturated rings. The Morgan fingerprint density at radius 1 is 0.857 bits per heavy atom. The van der Waals surface area contributed by atoms with Crippen molar-refractivity contribution in [3.05, 3.63) is 31.9 Å². The molecule has 78 valence electrons. The molecule has 0 aromatic heterocycles. The van der Waals surface area contributed by atoms with Gasteiger partial charge < -0.3 is 32.3 Å². The van der Waals surface area contributed by atoms with Gasteiger partial charge in [-0.3, -0.25) is 9.82 Å². The molecule has 14 heavy (non-hydrogen) atoms. The highest BCUT2D eigenvalue weighted by Crippen LogP contribution is 1.55. The van der Waals surface area contributed by atoms with Crippen LogP contribution in [0.15, 0.2) is 0 Å². The Morgan fingerprint density at radius 2 is 1.00 bits per heavy atom. The molecule has 12 heteroatoms. The van der Waals surface area contributed by atoms with E-state index in [4.69, 9.17) is 32.3 Å². The molecule has 2 amide bonds. The summed E-state index contributed by atoms with van der Waals surface area (Å²) < 4.78 is 0. The van der Waals surface area contributed by atoms with Gasteiger partial charge in [0, 0.05) is 0 Å². The molecular weight excluding hydrogens is 200 g/mol. The molecule has 0 aromatic carbocycles. The molecule has 0 radical (unpaired) electrons. The first-order valence-electron chi connectivity index (χ1n) is 2.41. The third-order valence-corrected chi connectivity index (χ3v) is 0.276. The van der Waals surface area contributed by atoms with Crippen LogP contribution >= 0.6 is 0 Å². The van der Waals surface area contributed by atoms with E-state index < -0.39 is 12.2 Å². The first-order chi connectivity index (χ1) is 6.45. The Balaban J connectivity index is -0.000000168. The van der Waals surface area contributed by atoms with Crippen molar-refractivity contribution in [2.75, 3.05) is 0 Å². The molecule has 0 spiro atoms. The number of amides is 2. The molecule has 0 atom stereocenters. The second kappa shape index (κ2) is 16.6. The van der Waals surface area contributed by atoms with Gasteiger partial charge in [-0.2, -0.15) is 0 Å². The number of hydrogen-bond donors (Lipinski definition) is 4. The zero-order valence-electron chi connectivity index (χ0n) is 6.39. The van der Waals surface area contributed by atoms with Gasteiger partial charge in [-0.05, 0) is 0 Å². The van der Waals surface area contributed by atoms with Crippen molar-refractivity contribution in [3.8, 4) is 0 Å². The number of rotatable bonds is 0. The fraction of sp³-hybridized carbons (Fsp3) is 0. The second-order valence-electron chi connectivity index (χ2n) is 1.04. The van der Waals surface area contributed by atoms with E-state index in [1.54, 1.807) is 0 Å². The van der Waals surface area contributed by atoms with E-state index >= 15 is 0 Å². The summed E-state index contributed by atoms with van der Waals surface area (Å²) in [7, 11) is 0. The van der Waals surface area contributed by atoms with Crippen LogP contribution in [-0.4, -0.2) is 22.4 Å². The SMILES string of the molecule is O=C(O)NNC(=O)O.[N-]=[N+]=[N-].[N-]=[N+]=[N-]. The van der Waals surface area contributed by atoms with Crippen LogP contribution in [0, 0.1) is 0 Å². The van der Waals surface area contributed by atoms with E-state index in [1.807, 2.05) is 0 Å². The molecule has 0 heterocycles. The van der Waals surface area contributed by atoms with Gasteiger partial charge in [0.25, 0.3) is 0 Å². The van der Waals surface area contributed by atoms with E-state index in [0.29, 0.717) is 0 Å². The molecule has 0 aliphatic rings. The van der Waals surface area contributed by atoms with Crippen molar-refractivity contribution >= 4 is 12.2 Å². The maximum atomic E-state index is 9.47. The van der Waals surface area contributed by atoms with Gasteiger partial charge in [-0.1, -0.05) is 0 Å². The molecule has 0 aliphatic heterocycles. The zero-order valence-corrected chi connectivity index (χ0v) is 6.39. The third kappa shape index (κ3) is 131. The smallest absolute Gasteiger partial charge is 0.423 e. The van der Waals surface area contributed by atoms with E-state index in [2.05, 4.69) is 0 Å². The number of nitrogens with zero attached hydrogens (tertiary/aromatic N) is 6. The molecule has 0 aromatic rings. The fourth-order valence-electron chi connectivity index (χ4n) is 0.107. The topological polar surface area (TPSA) is 216 Å². The highest BCUT2D eigenvalue weighted by Gasteiger charge is 1.94. The molecule has 0 saturated carbocycles. The van der Waals surface area contributed by atoms with Gasteiger partial charge in [-0.15, -0.1) is 0 Å². The lowest BCUT2D eigenvalue weighted by molar-refractivity contribution is 0.172. The highest BCUT2D eigenvalue weighted by molar-refractivity contribution is 5.70.